The molecule has 0 radical (unpaired) electrons. The number of amides is 1. The molecule has 6 heteroatoms. The van der Waals surface area contributed by atoms with Crippen molar-refractivity contribution in [2.24, 2.45) is 0 Å². The van der Waals surface area contributed by atoms with Gasteiger partial charge in [-0.15, -0.1) is 0 Å². The quantitative estimate of drug-likeness (QED) is 0.601. The van der Waals surface area contributed by atoms with Gasteiger partial charge in [-0.3, -0.25) is 9.36 Å². The lowest BCUT2D eigenvalue weighted by Crippen LogP contribution is -2.52. The van der Waals surface area contributed by atoms with E-state index < -0.39 is 0 Å². The van der Waals surface area contributed by atoms with Crippen LogP contribution in [0.1, 0.15) is 5.69 Å². The first-order valence-corrected chi connectivity index (χ1v) is 5.27. The van der Waals surface area contributed by atoms with Crippen LogP contribution in [0.5, 0.6) is 0 Å². The van der Waals surface area contributed by atoms with Gasteiger partial charge in [0.25, 0.3) is 0 Å². The number of aromatic nitrogens is 2. The number of carbonyl (C=O) groups excluding carboxylic acids is 1. The highest BCUT2D eigenvalue weighted by Crippen LogP contribution is 2.25. The largest absolute Gasteiger partial charge is 0.352 e. The van der Waals surface area contributed by atoms with E-state index in [-0.39, 0.29) is 17.6 Å². The maximum atomic E-state index is 11.7. The Morgan fingerprint density at radius 3 is 3.12 bits per heavy atom. The fourth-order valence-electron chi connectivity index (χ4n) is 2.34. The number of aryl methyl sites for hydroxylation is 1. The van der Waals surface area contributed by atoms with Crippen molar-refractivity contribution < 1.29 is 4.79 Å². The summed E-state index contributed by atoms with van der Waals surface area (Å²) in [4.78, 5) is 28.9. The molecule has 84 valence electrons. The normalized spacial score (nSPS) is 22.7. The molecule has 0 aromatic carbocycles. The Morgan fingerprint density at radius 1 is 1.50 bits per heavy atom. The lowest BCUT2D eigenvalue weighted by molar-refractivity contribution is -0.120. The molecule has 1 atom stereocenters. The predicted octanol–water partition coefficient (Wildman–Crippen LogP) is -1.13. The van der Waals surface area contributed by atoms with Crippen LogP contribution in [-0.4, -0.2) is 34.6 Å². The zero-order valence-electron chi connectivity index (χ0n) is 8.93. The minimum atomic E-state index is -0.225. The highest BCUT2D eigenvalue weighted by atomic mass is 16.2. The van der Waals surface area contributed by atoms with Gasteiger partial charge in [-0.1, -0.05) is 0 Å². The van der Waals surface area contributed by atoms with Crippen molar-refractivity contribution >= 4 is 11.7 Å². The monoisotopic (exact) mass is 220 g/mol. The van der Waals surface area contributed by atoms with E-state index in [0.717, 1.165) is 5.82 Å². The Balaban J connectivity index is 2.11. The predicted molar refractivity (Wildman–Crippen MR) is 57.4 cm³/mol. The van der Waals surface area contributed by atoms with Crippen LogP contribution < -0.4 is 15.9 Å². The topological polar surface area (TPSA) is 67.2 Å². The van der Waals surface area contributed by atoms with Crippen LogP contribution in [-0.2, 0) is 11.3 Å². The lowest BCUT2D eigenvalue weighted by atomic mass is 10.2. The molecule has 0 aliphatic carbocycles. The fraction of sp³-hybridized carbons (Fsp3) is 0.500. The van der Waals surface area contributed by atoms with Gasteiger partial charge in [-0.25, -0.2) is 4.79 Å². The third-order valence-electron chi connectivity index (χ3n) is 3.09. The summed E-state index contributed by atoms with van der Waals surface area (Å²) in [5.74, 6) is 0.823. The summed E-state index contributed by atoms with van der Waals surface area (Å²) >= 11 is 0. The Morgan fingerprint density at radius 2 is 2.31 bits per heavy atom. The summed E-state index contributed by atoms with van der Waals surface area (Å²) in [6.45, 7) is 3.33. The lowest BCUT2D eigenvalue weighted by Gasteiger charge is -2.30. The first-order chi connectivity index (χ1) is 7.65. The molecule has 3 heterocycles. The average molecular weight is 220 g/mol. The number of rotatable bonds is 0. The number of nitrogens with zero attached hydrogens (tertiary/aromatic N) is 3. The van der Waals surface area contributed by atoms with E-state index in [9.17, 15) is 9.59 Å². The molecular formula is C10H12N4O2. The molecule has 6 nitrogen and oxygen atoms in total. The second-order valence-corrected chi connectivity index (χ2v) is 4.23. The molecule has 0 saturated carbocycles. The second-order valence-electron chi connectivity index (χ2n) is 4.23. The summed E-state index contributed by atoms with van der Waals surface area (Å²) in [5, 5.41) is 2.81. The summed E-state index contributed by atoms with van der Waals surface area (Å²) < 4.78 is 1.64. The first-order valence-electron chi connectivity index (χ1n) is 5.27. The third kappa shape index (κ3) is 1.22. The summed E-state index contributed by atoms with van der Waals surface area (Å²) in [5.41, 5.74) is 0.472. The summed E-state index contributed by atoms with van der Waals surface area (Å²) in [7, 11) is 0. The van der Waals surface area contributed by atoms with E-state index in [0.29, 0.717) is 25.3 Å². The number of anilines is 1. The van der Waals surface area contributed by atoms with Gasteiger partial charge in [-0.2, -0.15) is 4.98 Å². The average Bonchev–Trinajstić information content (AvgIpc) is 2.57. The van der Waals surface area contributed by atoms with Crippen molar-refractivity contribution in [3.8, 4) is 0 Å². The minimum absolute atomic E-state index is 0.00612. The first kappa shape index (κ1) is 9.38. The molecule has 1 fully saturated rings. The third-order valence-corrected chi connectivity index (χ3v) is 3.09. The molecule has 2 aliphatic heterocycles. The number of fused-ring (bicyclic) bond motifs is 3. The van der Waals surface area contributed by atoms with E-state index in [1.165, 1.54) is 0 Å². The molecule has 3 rings (SSSR count). The Hall–Kier alpha value is -1.85. The van der Waals surface area contributed by atoms with Crippen LogP contribution in [0, 0.1) is 6.92 Å². The SMILES string of the molecule is Cc1cc2n(c(=O)n1)CC1CNC(=O)CN21. The fourth-order valence-corrected chi connectivity index (χ4v) is 2.34. The van der Waals surface area contributed by atoms with Gasteiger partial charge < -0.3 is 10.2 Å². The Labute approximate surface area is 91.9 Å². The molecule has 16 heavy (non-hydrogen) atoms. The maximum absolute atomic E-state index is 11.7. The summed E-state index contributed by atoms with van der Waals surface area (Å²) in [6.07, 6.45) is 0. The van der Waals surface area contributed by atoms with E-state index in [2.05, 4.69) is 10.3 Å². The number of hydrogen-bond donors (Lipinski definition) is 1. The standard InChI is InChI=1S/C10H12N4O2/c1-6-2-9-13-5-8(15)11-3-7(13)4-14(9)10(16)12-6/h2,7H,3-5H2,1H3,(H,11,15). The van der Waals surface area contributed by atoms with Crippen LogP contribution in [0.25, 0.3) is 0 Å². The van der Waals surface area contributed by atoms with Crippen molar-refractivity contribution in [2.75, 3.05) is 18.0 Å². The van der Waals surface area contributed by atoms with Crippen LogP contribution in [0.15, 0.2) is 10.9 Å². The van der Waals surface area contributed by atoms with Crippen molar-refractivity contribution in [3.05, 3.63) is 22.2 Å². The number of hydrogen-bond acceptors (Lipinski definition) is 4. The van der Waals surface area contributed by atoms with E-state index in [4.69, 9.17) is 0 Å². The van der Waals surface area contributed by atoms with Gasteiger partial charge in [0.2, 0.25) is 5.91 Å². The second kappa shape index (κ2) is 3.07. The number of nitrogens with one attached hydrogen (secondary N) is 1. The zero-order valence-corrected chi connectivity index (χ0v) is 8.93. The molecular weight excluding hydrogens is 208 g/mol. The van der Waals surface area contributed by atoms with Gasteiger partial charge >= 0.3 is 5.69 Å². The summed E-state index contributed by atoms with van der Waals surface area (Å²) in [6, 6.07) is 2.05. The Kier molecular flexibility index (Phi) is 1.80. The van der Waals surface area contributed by atoms with Crippen LogP contribution >= 0.6 is 0 Å². The minimum Gasteiger partial charge on any atom is -0.352 e. The van der Waals surface area contributed by atoms with E-state index in [1.807, 2.05) is 11.0 Å². The molecule has 1 unspecified atom stereocenters. The number of carbonyl (C=O) groups is 1. The van der Waals surface area contributed by atoms with Gasteiger partial charge in [0.05, 0.1) is 19.1 Å². The highest BCUT2D eigenvalue weighted by Gasteiger charge is 2.34. The van der Waals surface area contributed by atoms with Crippen LogP contribution in [0.3, 0.4) is 0 Å². The molecule has 1 amide bonds. The van der Waals surface area contributed by atoms with E-state index >= 15 is 0 Å². The maximum Gasteiger partial charge on any atom is 0.349 e. The van der Waals surface area contributed by atoms with Crippen LogP contribution in [0.2, 0.25) is 0 Å². The zero-order chi connectivity index (χ0) is 11.3. The van der Waals surface area contributed by atoms with Crippen molar-refractivity contribution in [1.82, 2.24) is 14.9 Å². The molecule has 0 bridgehead atoms. The smallest absolute Gasteiger partial charge is 0.349 e. The molecule has 1 saturated heterocycles. The van der Waals surface area contributed by atoms with Crippen molar-refractivity contribution in [2.45, 2.75) is 19.5 Å². The van der Waals surface area contributed by atoms with E-state index in [1.54, 1.807) is 11.5 Å². The van der Waals surface area contributed by atoms with Gasteiger partial charge in [0.1, 0.15) is 5.82 Å². The molecule has 2 aliphatic rings. The van der Waals surface area contributed by atoms with Crippen LogP contribution in [0.4, 0.5) is 5.82 Å². The van der Waals surface area contributed by atoms with Crippen molar-refractivity contribution in [1.29, 1.82) is 0 Å². The highest BCUT2D eigenvalue weighted by molar-refractivity contribution is 5.83. The molecule has 1 aromatic rings. The van der Waals surface area contributed by atoms with Gasteiger partial charge in [0, 0.05) is 18.3 Å². The number of piperazine rings is 1. The van der Waals surface area contributed by atoms with Gasteiger partial charge in [0.15, 0.2) is 0 Å². The van der Waals surface area contributed by atoms with Crippen molar-refractivity contribution in [3.63, 3.8) is 0 Å². The van der Waals surface area contributed by atoms with Gasteiger partial charge in [-0.05, 0) is 6.92 Å². The molecule has 1 N–H and O–H groups in total. The molecule has 0 spiro atoms. The Bertz CT molecular complexity index is 522. The molecule has 1 aromatic heterocycles.